The van der Waals surface area contributed by atoms with Gasteiger partial charge < -0.3 is 0 Å². The molecule has 0 spiro atoms. The molecule has 1 fully saturated rings. The molecule has 0 saturated heterocycles. The van der Waals surface area contributed by atoms with E-state index in [-0.39, 0.29) is 0 Å². The first kappa shape index (κ1) is 9.91. The number of carbonyl (C=O) groups excluding carboxylic acids is 1. The van der Waals surface area contributed by atoms with Gasteiger partial charge in [0.05, 0.1) is 0 Å². The van der Waals surface area contributed by atoms with E-state index in [9.17, 15) is 4.79 Å². The molecule has 0 amide bonds. The average molecular weight is 208 g/mol. The van der Waals surface area contributed by atoms with Crippen LogP contribution >= 0.6 is 11.3 Å². The molecule has 1 aromatic heterocycles. The Morgan fingerprint density at radius 1 is 1.43 bits per heavy atom. The van der Waals surface area contributed by atoms with Crippen LogP contribution in [-0.4, -0.2) is 5.78 Å². The zero-order valence-corrected chi connectivity index (χ0v) is 9.40. The molecule has 1 heterocycles. The fourth-order valence-electron chi connectivity index (χ4n) is 2.07. The minimum absolute atomic E-state index is 0.332. The molecule has 1 aliphatic rings. The van der Waals surface area contributed by atoms with Gasteiger partial charge in [-0.2, -0.15) is 0 Å². The van der Waals surface area contributed by atoms with E-state index in [0.29, 0.717) is 11.7 Å². The summed E-state index contributed by atoms with van der Waals surface area (Å²) in [6, 6.07) is 4.38. The Balaban J connectivity index is 1.99. The van der Waals surface area contributed by atoms with E-state index in [1.807, 2.05) is 11.3 Å². The van der Waals surface area contributed by atoms with E-state index < -0.39 is 0 Å². The number of hydrogen-bond donors (Lipinski definition) is 0. The topological polar surface area (TPSA) is 17.1 Å². The van der Waals surface area contributed by atoms with Crippen molar-refractivity contribution in [3.63, 3.8) is 0 Å². The summed E-state index contributed by atoms with van der Waals surface area (Å²) in [6.07, 6.45) is 5.14. The Bertz CT molecular complexity index is 327. The third-order valence-corrected chi connectivity index (χ3v) is 4.20. The normalized spacial score (nSPS) is 21.8. The van der Waals surface area contributed by atoms with Gasteiger partial charge in [0.25, 0.3) is 0 Å². The molecule has 0 aromatic carbocycles. The summed E-state index contributed by atoms with van der Waals surface area (Å²) in [7, 11) is 0. The number of hydrogen-bond acceptors (Lipinski definition) is 2. The van der Waals surface area contributed by atoms with Crippen molar-refractivity contribution in [2.24, 2.45) is 5.92 Å². The van der Waals surface area contributed by atoms with Crippen molar-refractivity contribution in [3.8, 4) is 0 Å². The van der Waals surface area contributed by atoms with Gasteiger partial charge in [0.1, 0.15) is 5.78 Å². The second kappa shape index (κ2) is 4.26. The van der Waals surface area contributed by atoms with Crippen molar-refractivity contribution in [2.45, 2.75) is 39.0 Å². The second-order valence-corrected chi connectivity index (χ2v) is 5.23. The van der Waals surface area contributed by atoms with Gasteiger partial charge in [-0.1, -0.05) is 6.92 Å². The quantitative estimate of drug-likeness (QED) is 0.745. The van der Waals surface area contributed by atoms with Crippen LogP contribution in [0.2, 0.25) is 0 Å². The van der Waals surface area contributed by atoms with Crippen LogP contribution in [0.1, 0.15) is 35.9 Å². The van der Waals surface area contributed by atoms with Crippen LogP contribution < -0.4 is 0 Å². The molecule has 1 atom stereocenters. The summed E-state index contributed by atoms with van der Waals surface area (Å²) < 4.78 is 0. The SMILES string of the molecule is CCc1ccc(CC2CCCC2=O)s1. The first-order valence-electron chi connectivity index (χ1n) is 5.40. The molecule has 14 heavy (non-hydrogen) atoms. The van der Waals surface area contributed by atoms with E-state index in [2.05, 4.69) is 19.1 Å². The lowest BCUT2D eigenvalue weighted by molar-refractivity contribution is -0.120. The average Bonchev–Trinajstić information content (AvgIpc) is 2.77. The van der Waals surface area contributed by atoms with Gasteiger partial charge in [-0.15, -0.1) is 11.3 Å². The van der Waals surface area contributed by atoms with Crippen LogP contribution in [0.4, 0.5) is 0 Å². The van der Waals surface area contributed by atoms with Crippen LogP contribution in [0.5, 0.6) is 0 Å². The molecule has 0 aliphatic heterocycles. The summed E-state index contributed by atoms with van der Waals surface area (Å²) in [5.74, 6) is 0.815. The van der Waals surface area contributed by atoms with Gasteiger partial charge in [-0.05, 0) is 37.8 Å². The number of thiophene rings is 1. The zero-order valence-electron chi connectivity index (χ0n) is 8.58. The molecule has 1 aromatic rings. The van der Waals surface area contributed by atoms with Gasteiger partial charge in [-0.25, -0.2) is 0 Å². The molecule has 2 rings (SSSR count). The molecule has 1 nitrogen and oxygen atoms in total. The fraction of sp³-hybridized carbons (Fsp3) is 0.583. The van der Waals surface area contributed by atoms with Gasteiger partial charge in [-0.3, -0.25) is 4.79 Å². The lowest BCUT2D eigenvalue weighted by Crippen LogP contribution is -2.08. The Hall–Kier alpha value is -0.630. The van der Waals surface area contributed by atoms with E-state index in [1.54, 1.807) is 0 Å². The van der Waals surface area contributed by atoms with Gasteiger partial charge in [0.2, 0.25) is 0 Å². The standard InChI is InChI=1S/C12H16OS/c1-2-10-6-7-11(14-10)8-9-4-3-5-12(9)13/h6-7,9H,2-5,8H2,1H3. The summed E-state index contributed by atoms with van der Waals surface area (Å²) in [6.45, 7) is 2.18. The molecular formula is C12H16OS. The largest absolute Gasteiger partial charge is 0.299 e. The molecule has 0 radical (unpaired) electrons. The van der Waals surface area contributed by atoms with E-state index in [0.717, 1.165) is 32.1 Å². The Labute approximate surface area is 89.1 Å². The summed E-state index contributed by atoms with van der Waals surface area (Å²) in [5, 5.41) is 0. The Kier molecular flexibility index (Phi) is 3.02. The summed E-state index contributed by atoms with van der Waals surface area (Å²) in [5.41, 5.74) is 0. The van der Waals surface area contributed by atoms with Gasteiger partial charge >= 0.3 is 0 Å². The molecule has 1 unspecified atom stereocenters. The minimum atomic E-state index is 0.332. The highest BCUT2D eigenvalue weighted by Gasteiger charge is 2.24. The monoisotopic (exact) mass is 208 g/mol. The van der Waals surface area contributed by atoms with Crippen LogP contribution in [0, 0.1) is 5.92 Å². The van der Waals surface area contributed by atoms with Crippen molar-refractivity contribution < 1.29 is 4.79 Å². The molecule has 0 N–H and O–H groups in total. The van der Waals surface area contributed by atoms with Crippen molar-refractivity contribution >= 4 is 17.1 Å². The lowest BCUT2D eigenvalue weighted by Gasteiger charge is -2.04. The maximum absolute atomic E-state index is 11.5. The Morgan fingerprint density at radius 2 is 2.21 bits per heavy atom. The number of rotatable bonds is 3. The minimum Gasteiger partial charge on any atom is -0.299 e. The van der Waals surface area contributed by atoms with Crippen molar-refractivity contribution in [3.05, 3.63) is 21.9 Å². The molecule has 2 heteroatoms. The van der Waals surface area contributed by atoms with Gasteiger partial charge in [0, 0.05) is 22.1 Å². The van der Waals surface area contributed by atoms with Crippen molar-refractivity contribution in [1.29, 1.82) is 0 Å². The molecule has 1 saturated carbocycles. The number of aryl methyl sites for hydroxylation is 1. The first-order valence-corrected chi connectivity index (χ1v) is 6.21. The first-order chi connectivity index (χ1) is 6.79. The summed E-state index contributed by atoms with van der Waals surface area (Å²) in [4.78, 5) is 14.3. The van der Waals surface area contributed by atoms with E-state index in [4.69, 9.17) is 0 Å². The molecule has 1 aliphatic carbocycles. The zero-order chi connectivity index (χ0) is 9.97. The molecule has 76 valence electrons. The van der Waals surface area contributed by atoms with E-state index in [1.165, 1.54) is 9.75 Å². The van der Waals surface area contributed by atoms with Crippen molar-refractivity contribution in [2.75, 3.05) is 0 Å². The van der Waals surface area contributed by atoms with Crippen LogP contribution in [0.3, 0.4) is 0 Å². The summed E-state index contributed by atoms with van der Waals surface area (Å²) >= 11 is 1.87. The number of ketones is 1. The molecule has 0 bridgehead atoms. The number of carbonyl (C=O) groups is 1. The highest BCUT2D eigenvalue weighted by molar-refractivity contribution is 7.12. The molecular weight excluding hydrogens is 192 g/mol. The van der Waals surface area contributed by atoms with Gasteiger partial charge in [0.15, 0.2) is 0 Å². The Morgan fingerprint density at radius 3 is 2.79 bits per heavy atom. The third-order valence-electron chi connectivity index (χ3n) is 2.94. The predicted molar refractivity (Wildman–Crippen MR) is 59.7 cm³/mol. The maximum Gasteiger partial charge on any atom is 0.136 e. The predicted octanol–water partition coefficient (Wildman–Crippen LogP) is 3.22. The highest BCUT2D eigenvalue weighted by atomic mass is 32.1. The third kappa shape index (κ3) is 2.06. The lowest BCUT2D eigenvalue weighted by atomic mass is 10.0. The van der Waals surface area contributed by atoms with Crippen molar-refractivity contribution in [1.82, 2.24) is 0 Å². The van der Waals surface area contributed by atoms with E-state index >= 15 is 0 Å². The highest BCUT2D eigenvalue weighted by Crippen LogP contribution is 2.28. The number of Topliss-reactive ketones (excluding diaryl/α,β-unsaturated/α-hetero) is 1. The van der Waals surface area contributed by atoms with Crippen LogP contribution in [0.25, 0.3) is 0 Å². The van der Waals surface area contributed by atoms with Crippen LogP contribution in [-0.2, 0) is 17.6 Å². The second-order valence-electron chi connectivity index (χ2n) is 3.98. The maximum atomic E-state index is 11.5. The fourth-order valence-corrected chi connectivity index (χ4v) is 3.11. The smallest absolute Gasteiger partial charge is 0.136 e. The van der Waals surface area contributed by atoms with Crippen LogP contribution in [0.15, 0.2) is 12.1 Å².